The number of nitrogens with two attached hydrogens (primary N) is 1. The van der Waals surface area contributed by atoms with E-state index in [1.807, 2.05) is 0 Å². The van der Waals surface area contributed by atoms with Gasteiger partial charge in [-0.3, -0.25) is 0 Å². The maximum Gasteiger partial charge on any atom is 0.407 e. The summed E-state index contributed by atoms with van der Waals surface area (Å²) in [7, 11) is 0. The number of hydrogen-bond donors (Lipinski definition) is 2. The molecule has 0 aromatic rings. The van der Waals surface area contributed by atoms with Crippen molar-refractivity contribution in [2.24, 2.45) is 5.73 Å². The Morgan fingerprint density at radius 1 is 1.70 bits per heavy atom. The minimum absolute atomic E-state index is 0.178. The van der Waals surface area contributed by atoms with Gasteiger partial charge in [-0.15, -0.1) is 0 Å². The molecule has 0 aromatic carbocycles. The normalized spacial score (nSPS) is 16.5. The largest absolute Gasteiger partial charge is 0.446 e. The molecule has 0 bridgehead atoms. The third-order valence-corrected chi connectivity index (χ3v) is 1.21. The van der Waals surface area contributed by atoms with E-state index in [1.165, 1.54) is 0 Å². The summed E-state index contributed by atoms with van der Waals surface area (Å²) in [6.07, 6.45) is 1.86. The van der Waals surface area contributed by atoms with Gasteiger partial charge < -0.3 is 15.8 Å². The lowest BCUT2D eigenvalue weighted by molar-refractivity contribution is 0.139. The second kappa shape index (κ2) is 3.41. The van der Waals surface area contributed by atoms with Crippen LogP contribution in [-0.4, -0.2) is 25.3 Å². The van der Waals surface area contributed by atoms with Crippen molar-refractivity contribution in [1.29, 1.82) is 0 Å². The Kier molecular flexibility index (Phi) is 2.50. The lowest BCUT2D eigenvalue weighted by atomic mass is 10.6. The molecule has 1 aliphatic carbocycles. The Balaban J connectivity index is 1.97. The minimum Gasteiger partial charge on any atom is -0.446 e. The molecule has 4 heteroatoms. The van der Waals surface area contributed by atoms with E-state index in [4.69, 9.17) is 10.5 Å². The number of alkyl carbamates (subject to hydrolysis) is 1. The van der Waals surface area contributed by atoms with Crippen LogP contribution in [0.2, 0.25) is 0 Å². The maximum absolute atomic E-state index is 10.7. The fourth-order valence-electron chi connectivity index (χ4n) is 0.553. The van der Waals surface area contributed by atoms with Crippen LogP contribution < -0.4 is 11.1 Å². The highest BCUT2D eigenvalue weighted by molar-refractivity contribution is 5.67. The summed E-state index contributed by atoms with van der Waals surface area (Å²) < 4.78 is 4.86. The van der Waals surface area contributed by atoms with E-state index in [-0.39, 0.29) is 12.2 Å². The second-order valence-corrected chi connectivity index (χ2v) is 2.32. The van der Waals surface area contributed by atoms with Crippen molar-refractivity contribution in [1.82, 2.24) is 5.32 Å². The Bertz CT molecular complexity index is 123. The van der Waals surface area contributed by atoms with Crippen molar-refractivity contribution in [3.63, 3.8) is 0 Å². The average molecular weight is 144 g/mol. The third-order valence-electron chi connectivity index (χ3n) is 1.21. The summed E-state index contributed by atoms with van der Waals surface area (Å²) in [5, 5.41) is 2.52. The van der Waals surface area contributed by atoms with E-state index in [0.717, 1.165) is 12.8 Å². The molecule has 0 unspecified atom stereocenters. The summed E-state index contributed by atoms with van der Waals surface area (Å²) in [6.45, 7) is 0.950. The molecule has 0 atom stereocenters. The molecule has 0 heterocycles. The molecule has 4 nitrogen and oxygen atoms in total. The zero-order chi connectivity index (χ0) is 7.40. The quantitative estimate of drug-likeness (QED) is 0.578. The van der Waals surface area contributed by atoms with Crippen LogP contribution in [-0.2, 0) is 4.74 Å². The molecule has 3 N–H and O–H groups in total. The molecule has 1 fully saturated rings. The molecule has 1 amide bonds. The first-order valence-corrected chi connectivity index (χ1v) is 3.47. The second-order valence-electron chi connectivity index (χ2n) is 2.32. The highest BCUT2D eigenvalue weighted by Gasteiger charge is 2.25. The summed E-state index contributed by atoms with van der Waals surface area (Å²) in [4.78, 5) is 10.7. The molecule has 0 aromatic heterocycles. The van der Waals surface area contributed by atoms with E-state index < -0.39 is 0 Å². The maximum atomic E-state index is 10.7. The van der Waals surface area contributed by atoms with Gasteiger partial charge in [-0.25, -0.2) is 4.79 Å². The molecular formula is C6H12N2O2. The van der Waals surface area contributed by atoms with E-state index >= 15 is 0 Å². The molecule has 0 saturated heterocycles. The lowest BCUT2D eigenvalue weighted by Gasteiger charge is -2.02. The third kappa shape index (κ3) is 2.68. The highest BCUT2D eigenvalue weighted by Crippen LogP contribution is 2.23. The van der Waals surface area contributed by atoms with Crippen molar-refractivity contribution < 1.29 is 9.53 Å². The minimum atomic E-state index is -0.340. The molecular weight excluding hydrogens is 132 g/mol. The predicted molar refractivity (Wildman–Crippen MR) is 36.6 cm³/mol. The Labute approximate surface area is 59.7 Å². The monoisotopic (exact) mass is 144 g/mol. The number of nitrogens with one attached hydrogen (secondary N) is 1. The van der Waals surface area contributed by atoms with Crippen molar-refractivity contribution >= 4 is 6.09 Å². The van der Waals surface area contributed by atoms with Gasteiger partial charge >= 0.3 is 6.09 Å². The van der Waals surface area contributed by atoms with Gasteiger partial charge in [-0.1, -0.05) is 0 Å². The Morgan fingerprint density at radius 3 is 2.90 bits per heavy atom. The van der Waals surface area contributed by atoms with Crippen molar-refractivity contribution in [2.75, 3.05) is 13.1 Å². The smallest absolute Gasteiger partial charge is 0.407 e. The van der Waals surface area contributed by atoms with Crippen molar-refractivity contribution in [2.45, 2.75) is 18.9 Å². The zero-order valence-corrected chi connectivity index (χ0v) is 5.80. The first kappa shape index (κ1) is 7.34. The van der Waals surface area contributed by atoms with Gasteiger partial charge in [-0.2, -0.15) is 0 Å². The van der Waals surface area contributed by atoms with Gasteiger partial charge in [0.15, 0.2) is 0 Å². The molecule has 1 aliphatic rings. The van der Waals surface area contributed by atoms with Gasteiger partial charge in [0.1, 0.15) is 6.10 Å². The summed E-state index contributed by atoms with van der Waals surface area (Å²) in [5.41, 5.74) is 5.15. The van der Waals surface area contributed by atoms with Gasteiger partial charge in [0, 0.05) is 13.1 Å². The van der Waals surface area contributed by atoms with Gasteiger partial charge in [0.2, 0.25) is 0 Å². The molecule has 58 valence electrons. The van der Waals surface area contributed by atoms with Crippen LogP contribution in [0.3, 0.4) is 0 Å². The first-order chi connectivity index (χ1) is 4.83. The van der Waals surface area contributed by atoms with Crippen LogP contribution in [0.15, 0.2) is 0 Å². The van der Waals surface area contributed by atoms with E-state index in [0.29, 0.717) is 13.1 Å². The van der Waals surface area contributed by atoms with Crippen LogP contribution >= 0.6 is 0 Å². The predicted octanol–water partition coefficient (Wildman–Crippen LogP) is -0.166. The Morgan fingerprint density at radius 2 is 2.40 bits per heavy atom. The standard InChI is InChI=1S/C6H12N2O2/c7-3-4-8-6(9)10-5-1-2-5/h5H,1-4,7H2,(H,8,9). The van der Waals surface area contributed by atoms with E-state index in [9.17, 15) is 4.79 Å². The number of amides is 1. The molecule has 10 heavy (non-hydrogen) atoms. The van der Waals surface area contributed by atoms with Crippen LogP contribution in [0, 0.1) is 0 Å². The van der Waals surface area contributed by atoms with E-state index in [1.54, 1.807) is 0 Å². The molecule has 0 radical (unpaired) electrons. The zero-order valence-electron chi connectivity index (χ0n) is 5.80. The number of ether oxygens (including phenoxy) is 1. The van der Waals surface area contributed by atoms with Gasteiger partial charge in [-0.05, 0) is 12.8 Å². The summed E-state index contributed by atoms with van der Waals surface area (Å²) >= 11 is 0. The fourth-order valence-corrected chi connectivity index (χ4v) is 0.553. The van der Waals surface area contributed by atoms with Crippen molar-refractivity contribution in [3.8, 4) is 0 Å². The van der Waals surface area contributed by atoms with Gasteiger partial charge in [0.05, 0.1) is 0 Å². The number of rotatable bonds is 3. The number of carbonyl (C=O) groups is 1. The topological polar surface area (TPSA) is 64.3 Å². The number of hydrogen-bond acceptors (Lipinski definition) is 3. The van der Waals surface area contributed by atoms with Crippen LogP contribution in [0.25, 0.3) is 0 Å². The first-order valence-electron chi connectivity index (χ1n) is 3.47. The van der Waals surface area contributed by atoms with Crippen LogP contribution in [0.5, 0.6) is 0 Å². The fraction of sp³-hybridized carbons (Fsp3) is 0.833. The van der Waals surface area contributed by atoms with Crippen molar-refractivity contribution in [3.05, 3.63) is 0 Å². The summed E-state index contributed by atoms with van der Waals surface area (Å²) in [5.74, 6) is 0. The molecule has 1 rings (SSSR count). The van der Waals surface area contributed by atoms with E-state index in [2.05, 4.69) is 5.32 Å². The van der Waals surface area contributed by atoms with Crippen LogP contribution in [0.1, 0.15) is 12.8 Å². The molecule has 1 saturated carbocycles. The van der Waals surface area contributed by atoms with Gasteiger partial charge in [0.25, 0.3) is 0 Å². The Hall–Kier alpha value is -0.770. The lowest BCUT2D eigenvalue weighted by Crippen LogP contribution is -2.30. The van der Waals surface area contributed by atoms with Crippen LogP contribution in [0.4, 0.5) is 4.79 Å². The molecule has 0 spiro atoms. The summed E-state index contributed by atoms with van der Waals surface area (Å²) in [6, 6.07) is 0. The highest BCUT2D eigenvalue weighted by atomic mass is 16.6. The molecule has 0 aliphatic heterocycles. The average Bonchev–Trinajstić information content (AvgIpc) is 2.67. The SMILES string of the molecule is NCCNC(=O)OC1CC1. The number of carbonyl (C=O) groups excluding carboxylic acids is 1.